The van der Waals surface area contributed by atoms with Crippen molar-refractivity contribution in [3.63, 3.8) is 0 Å². The molecule has 25 heavy (non-hydrogen) atoms. The molecule has 0 saturated heterocycles. The Hall–Kier alpha value is -0.570. The molecule has 0 aromatic rings. The molecule has 1 amide bonds. The standard InChI is InChI=1S/C22H45NO2/c1-18(14-21(3,4)5)10-11-20(19(2)15-22(6,7)8)16-25-13-9-12-23-17-24/h17-20H,9-16H2,1-8H3,(H,23,24). The van der Waals surface area contributed by atoms with E-state index in [1.165, 1.54) is 25.7 Å². The molecule has 150 valence electrons. The van der Waals surface area contributed by atoms with Gasteiger partial charge in [0.25, 0.3) is 0 Å². The van der Waals surface area contributed by atoms with Gasteiger partial charge in [0.05, 0.1) is 0 Å². The fraction of sp³-hybridized carbons (Fsp3) is 0.955. The van der Waals surface area contributed by atoms with Crippen molar-refractivity contribution in [3.8, 4) is 0 Å². The smallest absolute Gasteiger partial charge is 0.207 e. The van der Waals surface area contributed by atoms with Crippen LogP contribution in [0.2, 0.25) is 0 Å². The summed E-state index contributed by atoms with van der Waals surface area (Å²) in [4.78, 5) is 10.3. The molecule has 0 rings (SSSR count). The zero-order chi connectivity index (χ0) is 19.5. The molecule has 0 bridgehead atoms. The predicted molar refractivity (Wildman–Crippen MR) is 109 cm³/mol. The molecule has 0 aromatic heterocycles. The first-order valence-electron chi connectivity index (χ1n) is 10.2. The lowest BCUT2D eigenvalue weighted by Crippen LogP contribution is -2.24. The normalized spacial score (nSPS) is 16.3. The van der Waals surface area contributed by atoms with E-state index in [1.807, 2.05) is 0 Å². The van der Waals surface area contributed by atoms with E-state index in [1.54, 1.807) is 0 Å². The molecule has 0 radical (unpaired) electrons. The molecular weight excluding hydrogens is 310 g/mol. The van der Waals surface area contributed by atoms with E-state index in [9.17, 15) is 4.79 Å². The van der Waals surface area contributed by atoms with Gasteiger partial charge in [-0.2, -0.15) is 0 Å². The molecule has 3 atom stereocenters. The van der Waals surface area contributed by atoms with E-state index in [0.717, 1.165) is 32.0 Å². The number of ether oxygens (including phenoxy) is 1. The number of nitrogens with one attached hydrogen (secondary N) is 1. The maximum atomic E-state index is 10.3. The lowest BCUT2D eigenvalue weighted by molar-refractivity contribution is -0.109. The molecule has 3 heteroatoms. The van der Waals surface area contributed by atoms with Gasteiger partial charge in [-0.05, 0) is 54.3 Å². The van der Waals surface area contributed by atoms with Gasteiger partial charge in [-0.1, -0.05) is 61.8 Å². The highest BCUT2D eigenvalue weighted by Gasteiger charge is 2.24. The third-order valence-electron chi connectivity index (χ3n) is 4.76. The number of hydrogen-bond donors (Lipinski definition) is 1. The molecule has 1 N–H and O–H groups in total. The molecule has 0 aliphatic heterocycles. The van der Waals surface area contributed by atoms with Gasteiger partial charge in [0.15, 0.2) is 0 Å². The predicted octanol–water partition coefficient (Wildman–Crippen LogP) is 5.68. The van der Waals surface area contributed by atoms with Crippen LogP contribution >= 0.6 is 0 Å². The highest BCUT2D eigenvalue weighted by Crippen LogP contribution is 2.33. The average molecular weight is 356 g/mol. The second-order valence-corrected chi connectivity index (χ2v) is 10.4. The summed E-state index contributed by atoms with van der Waals surface area (Å²) in [5.74, 6) is 2.07. The molecule has 0 spiro atoms. The van der Waals surface area contributed by atoms with Gasteiger partial charge in [-0.3, -0.25) is 4.79 Å². The summed E-state index contributed by atoms with van der Waals surface area (Å²) < 4.78 is 5.96. The molecule has 0 aliphatic rings. The van der Waals surface area contributed by atoms with E-state index < -0.39 is 0 Å². The third-order valence-corrected chi connectivity index (χ3v) is 4.76. The van der Waals surface area contributed by atoms with Gasteiger partial charge < -0.3 is 10.1 Å². The van der Waals surface area contributed by atoms with Crippen molar-refractivity contribution in [1.82, 2.24) is 5.32 Å². The van der Waals surface area contributed by atoms with Crippen LogP contribution in [0.1, 0.15) is 87.5 Å². The Labute approximate surface area is 157 Å². The largest absolute Gasteiger partial charge is 0.381 e. The fourth-order valence-corrected chi connectivity index (χ4v) is 3.88. The molecule has 0 fully saturated rings. The summed E-state index contributed by atoms with van der Waals surface area (Å²) in [5, 5.41) is 2.69. The van der Waals surface area contributed by atoms with Crippen molar-refractivity contribution >= 4 is 6.41 Å². The molecule has 0 aliphatic carbocycles. The summed E-state index contributed by atoms with van der Waals surface area (Å²) in [6.45, 7) is 21.0. The monoisotopic (exact) mass is 355 g/mol. The minimum atomic E-state index is 0.364. The first kappa shape index (κ1) is 24.4. The van der Waals surface area contributed by atoms with Crippen LogP contribution in [0.15, 0.2) is 0 Å². The van der Waals surface area contributed by atoms with Gasteiger partial charge in [-0.25, -0.2) is 0 Å². The highest BCUT2D eigenvalue weighted by atomic mass is 16.5. The summed E-state index contributed by atoms with van der Waals surface area (Å²) >= 11 is 0. The van der Waals surface area contributed by atoms with Crippen molar-refractivity contribution in [3.05, 3.63) is 0 Å². The molecule has 0 heterocycles. The fourth-order valence-electron chi connectivity index (χ4n) is 3.88. The lowest BCUT2D eigenvalue weighted by atomic mass is 9.76. The number of amides is 1. The Morgan fingerprint density at radius 3 is 2.08 bits per heavy atom. The number of hydrogen-bond acceptors (Lipinski definition) is 2. The topological polar surface area (TPSA) is 38.3 Å². The second-order valence-electron chi connectivity index (χ2n) is 10.4. The highest BCUT2D eigenvalue weighted by molar-refractivity contribution is 5.45. The SMILES string of the molecule is CC(CCC(COCCCNC=O)C(C)CC(C)(C)C)CC(C)(C)C. The molecule has 0 aromatic carbocycles. The molecule has 3 nitrogen and oxygen atoms in total. The third kappa shape index (κ3) is 15.4. The molecule has 3 unspecified atom stereocenters. The zero-order valence-corrected chi connectivity index (χ0v) is 18.3. The van der Waals surface area contributed by atoms with E-state index in [4.69, 9.17) is 4.74 Å². The van der Waals surface area contributed by atoms with Gasteiger partial charge in [0, 0.05) is 19.8 Å². The minimum Gasteiger partial charge on any atom is -0.381 e. The summed E-state index contributed by atoms with van der Waals surface area (Å²) in [5.41, 5.74) is 0.774. The molecular formula is C22H45NO2. The Kier molecular flexibility index (Phi) is 11.7. The number of rotatable bonds is 13. The Balaban J connectivity index is 4.44. The van der Waals surface area contributed by atoms with E-state index in [0.29, 0.717) is 29.2 Å². The van der Waals surface area contributed by atoms with Crippen molar-refractivity contribution < 1.29 is 9.53 Å². The minimum absolute atomic E-state index is 0.364. The second kappa shape index (κ2) is 11.9. The quantitative estimate of drug-likeness (QED) is 0.341. The number of carbonyl (C=O) groups excluding carboxylic acids is 1. The van der Waals surface area contributed by atoms with Gasteiger partial charge in [0.1, 0.15) is 0 Å². The van der Waals surface area contributed by atoms with E-state index >= 15 is 0 Å². The van der Waals surface area contributed by atoms with Crippen LogP contribution < -0.4 is 5.32 Å². The van der Waals surface area contributed by atoms with Crippen LogP contribution in [0.4, 0.5) is 0 Å². The maximum Gasteiger partial charge on any atom is 0.207 e. The van der Waals surface area contributed by atoms with Crippen molar-refractivity contribution in [2.45, 2.75) is 87.5 Å². The van der Waals surface area contributed by atoms with Crippen LogP contribution in [-0.2, 0) is 9.53 Å². The summed E-state index contributed by atoms with van der Waals surface area (Å²) in [6.07, 6.45) is 6.70. The van der Waals surface area contributed by atoms with Gasteiger partial charge in [0.2, 0.25) is 6.41 Å². The van der Waals surface area contributed by atoms with Crippen LogP contribution in [0, 0.1) is 28.6 Å². The number of carbonyl (C=O) groups is 1. The van der Waals surface area contributed by atoms with Crippen LogP contribution in [0.5, 0.6) is 0 Å². The summed E-state index contributed by atoms with van der Waals surface area (Å²) in [6, 6.07) is 0. The van der Waals surface area contributed by atoms with E-state index in [-0.39, 0.29) is 0 Å². The van der Waals surface area contributed by atoms with Crippen molar-refractivity contribution in [2.24, 2.45) is 28.6 Å². The Morgan fingerprint density at radius 2 is 1.56 bits per heavy atom. The first-order valence-corrected chi connectivity index (χ1v) is 10.2. The van der Waals surface area contributed by atoms with Crippen LogP contribution in [0.3, 0.4) is 0 Å². The Morgan fingerprint density at radius 1 is 0.960 bits per heavy atom. The maximum absolute atomic E-state index is 10.3. The van der Waals surface area contributed by atoms with Crippen LogP contribution in [0.25, 0.3) is 0 Å². The summed E-state index contributed by atoms with van der Waals surface area (Å²) in [7, 11) is 0. The Bertz CT molecular complexity index is 341. The lowest BCUT2D eigenvalue weighted by Gasteiger charge is -2.31. The first-order chi connectivity index (χ1) is 11.4. The molecule has 0 saturated carbocycles. The van der Waals surface area contributed by atoms with Crippen molar-refractivity contribution in [2.75, 3.05) is 19.8 Å². The average Bonchev–Trinajstić information content (AvgIpc) is 2.41. The van der Waals surface area contributed by atoms with E-state index in [2.05, 4.69) is 60.7 Å². The van der Waals surface area contributed by atoms with Gasteiger partial charge >= 0.3 is 0 Å². The zero-order valence-electron chi connectivity index (χ0n) is 18.3. The van der Waals surface area contributed by atoms with Crippen LogP contribution in [-0.4, -0.2) is 26.2 Å². The van der Waals surface area contributed by atoms with Crippen molar-refractivity contribution in [1.29, 1.82) is 0 Å². The van der Waals surface area contributed by atoms with Gasteiger partial charge in [-0.15, -0.1) is 0 Å².